The van der Waals surface area contributed by atoms with E-state index in [0.29, 0.717) is 13.2 Å². The summed E-state index contributed by atoms with van der Waals surface area (Å²) >= 11 is 0. The van der Waals surface area contributed by atoms with E-state index in [0.717, 1.165) is 18.8 Å². The molecule has 0 unspecified atom stereocenters. The molecule has 3 heteroatoms. The first-order chi connectivity index (χ1) is 8.06. The maximum atomic E-state index is 5.88. The second kappa shape index (κ2) is 6.62. The van der Waals surface area contributed by atoms with Crippen LogP contribution >= 0.6 is 0 Å². The average Bonchev–Trinajstić information content (AvgIpc) is 2.29. The molecule has 0 atom stereocenters. The molecule has 1 aromatic rings. The summed E-state index contributed by atoms with van der Waals surface area (Å²) in [5.74, 6) is 1.03. The van der Waals surface area contributed by atoms with Gasteiger partial charge in [0.05, 0.1) is 0 Å². The fraction of sp³-hybridized carbons (Fsp3) is 0.571. The molecular weight excluding hydrogens is 212 g/mol. The molecule has 0 saturated heterocycles. The van der Waals surface area contributed by atoms with Gasteiger partial charge in [-0.05, 0) is 44.5 Å². The summed E-state index contributed by atoms with van der Waals surface area (Å²) in [4.78, 5) is 2.18. The summed E-state index contributed by atoms with van der Waals surface area (Å²) in [5, 5.41) is 0. The first-order valence-electron chi connectivity index (χ1n) is 6.14. The minimum absolute atomic E-state index is 0.693. The first-order valence-corrected chi connectivity index (χ1v) is 6.14. The van der Waals surface area contributed by atoms with Crippen molar-refractivity contribution >= 4 is 0 Å². The Bertz CT molecular complexity index is 363. The molecular formula is C14H24N2O. The van der Waals surface area contributed by atoms with Crippen LogP contribution in [0.5, 0.6) is 5.75 Å². The number of hydrogen-bond acceptors (Lipinski definition) is 3. The monoisotopic (exact) mass is 236 g/mol. The van der Waals surface area contributed by atoms with E-state index >= 15 is 0 Å². The smallest absolute Gasteiger partial charge is 0.125 e. The summed E-state index contributed by atoms with van der Waals surface area (Å²) in [7, 11) is 2.06. The number of aryl methyl sites for hydroxylation is 2. The molecule has 0 bridgehead atoms. The Morgan fingerprint density at radius 2 is 1.76 bits per heavy atom. The molecule has 3 nitrogen and oxygen atoms in total. The van der Waals surface area contributed by atoms with Crippen molar-refractivity contribution in [2.24, 2.45) is 5.73 Å². The normalized spacial score (nSPS) is 10.9. The molecule has 0 aliphatic carbocycles. The predicted octanol–water partition coefficient (Wildman–Crippen LogP) is 1.88. The van der Waals surface area contributed by atoms with Crippen LogP contribution in [0.25, 0.3) is 0 Å². The third-order valence-corrected chi connectivity index (χ3v) is 3.10. The fourth-order valence-electron chi connectivity index (χ4n) is 1.78. The van der Waals surface area contributed by atoms with E-state index in [4.69, 9.17) is 10.5 Å². The third-order valence-electron chi connectivity index (χ3n) is 3.10. The number of ether oxygens (including phenoxy) is 1. The van der Waals surface area contributed by atoms with Crippen molar-refractivity contribution in [3.8, 4) is 5.75 Å². The van der Waals surface area contributed by atoms with Gasteiger partial charge in [-0.25, -0.2) is 0 Å². The molecule has 2 N–H and O–H groups in total. The zero-order valence-corrected chi connectivity index (χ0v) is 11.4. The molecule has 0 aliphatic rings. The third kappa shape index (κ3) is 4.02. The largest absolute Gasteiger partial charge is 0.492 e. The minimum Gasteiger partial charge on any atom is -0.492 e. The molecule has 96 valence electrons. The highest BCUT2D eigenvalue weighted by atomic mass is 16.5. The first kappa shape index (κ1) is 14.0. The highest BCUT2D eigenvalue weighted by Crippen LogP contribution is 2.25. The minimum atomic E-state index is 0.693. The van der Waals surface area contributed by atoms with E-state index in [1.807, 2.05) is 0 Å². The maximum Gasteiger partial charge on any atom is 0.125 e. The molecule has 17 heavy (non-hydrogen) atoms. The van der Waals surface area contributed by atoms with Crippen molar-refractivity contribution in [1.82, 2.24) is 4.90 Å². The Morgan fingerprint density at radius 3 is 2.41 bits per heavy atom. The lowest BCUT2D eigenvalue weighted by Crippen LogP contribution is -2.29. The van der Waals surface area contributed by atoms with Gasteiger partial charge in [-0.3, -0.25) is 0 Å². The van der Waals surface area contributed by atoms with Crippen molar-refractivity contribution in [2.75, 3.05) is 33.3 Å². The Morgan fingerprint density at radius 1 is 1.12 bits per heavy atom. The Hall–Kier alpha value is -1.06. The molecule has 1 rings (SSSR count). The van der Waals surface area contributed by atoms with Gasteiger partial charge < -0.3 is 15.4 Å². The summed E-state index contributed by atoms with van der Waals surface area (Å²) in [5.41, 5.74) is 9.22. The summed E-state index contributed by atoms with van der Waals surface area (Å²) < 4.78 is 5.88. The van der Waals surface area contributed by atoms with Crippen LogP contribution in [0.2, 0.25) is 0 Å². The average molecular weight is 236 g/mol. The predicted molar refractivity (Wildman–Crippen MR) is 72.7 cm³/mol. The molecule has 0 aromatic heterocycles. The van der Waals surface area contributed by atoms with Crippen molar-refractivity contribution in [3.63, 3.8) is 0 Å². The van der Waals surface area contributed by atoms with Crippen LogP contribution < -0.4 is 10.5 Å². The van der Waals surface area contributed by atoms with Crippen molar-refractivity contribution < 1.29 is 4.74 Å². The lowest BCUT2D eigenvalue weighted by atomic mass is 10.1. The van der Waals surface area contributed by atoms with Crippen molar-refractivity contribution in [2.45, 2.75) is 20.8 Å². The number of likely N-dealkylation sites (N-methyl/N-ethyl adjacent to an activating group) is 1. The fourth-order valence-corrected chi connectivity index (χ4v) is 1.78. The van der Waals surface area contributed by atoms with Gasteiger partial charge in [0.1, 0.15) is 12.4 Å². The van der Waals surface area contributed by atoms with Gasteiger partial charge in [0, 0.05) is 19.6 Å². The Balaban J connectivity index is 2.55. The molecule has 0 spiro atoms. The maximum absolute atomic E-state index is 5.88. The molecule has 0 fully saturated rings. The van der Waals surface area contributed by atoms with Gasteiger partial charge in [-0.15, -0.1) is 0 Å². The van der Waals surface area contributed by atoms with E-state index in [-0.39, 0.29) is 0 Å². The van der Waals surface area contributed by atoms with Crippen LogP contribution in [-0.2, 0) is 0 Å². The van der Waals surface area contributed by atoms with Crippen LogP contribution in [0.1, 0.15) is 16.7 Å². The van der Waals surface area contributed by atoms with Crippen LogP contribution in [-0.4, -0.2) is 38.2 Å². The van der Waals surface area contributed by atoms with Gasteiger partial charge in [-0.1, -0.05) is 12.1 Å². The van der Waals surface area contributed by atoms with E-state index < -0.39 is 0 Å². The standard InChI is InChI=1S/C14H24N2O/c1-11-5-6-12(2)14(13(11)3)17-10-9-16(4)8-7-15/h5-6H,7-10,15H2,1-4H3. The highest BCUT2D eigenvalue weighted by molar-refractivity contribution is 5.44. The quantitative estimate of drug-likeness (QED) is 0.819. The Kier molecular flexibility index (Phi) is 5.45. The molecule has 0 amide bonds. The molecule has 0 heterocycles. The molecule has 0 saturated carbocycles. The number of nitrogens with two attached hydrogens (primary N) is 1. The van der Waals surface area contributed by atoms with Gasteiger partial charge in [0.25, 0.3) is 0 Å². The van der Waals surface area contributed by atoms with E-state index in [9.17, 15) is 0 Å². The topological polar surface area (TPSA) is 38.5 Å². The van der Waals surface area contributed by atoms with Gasteiger partial charge in [0.2, 0.25) is 0 Å². The number of benzene rings is 1. The summed E-state index contributed by atoms with van der Waals surface area (Å²) in [6, 6.07) is 4.25. The SMILES string of the molecule is Cc1ccc(C)c(OCCN(C)CCN)c1C. The lowest BCUT2D eigenvalue weighted by Gasteiger charge is -2.18. The van der Waals surface area contributed by atoms with Crippen LogP contribution in [0.15, 0.2) is 12.1 Å². The zero-order chi connectivity index (χ0) is 12.8. The molecule has 1 aromatic carbocycles. The number of rotatable bonds is 6. The van der Waals surface area contributed by atoms with Gasteiger partial charge in [0.15, 0.2) is 0 Å². The number of hydrogen-bond donors (Lipinski definition) is 1. The second-order valence-electron chi connectivity index (χ2n) is 4.59. The van der Waals surface area contributed by atoms with E-state index in [1.165, 1.54) is 16.7 Å². The molecule has 0 radical (unpaired) electrons. The second-order valence-corrected chi connectivity index (χ2v) is 4.59. The summed E-state index contributed by atoms with van der Waals surface area (Å²) in [6.45, 7) is 9.54. The molecule has 0 aliphatic heterocycles. The summed E-state index contributed by atoms with van der Waals surface area (Å²) in [6.07, 6.45) is 0. The zero-order valence-electron chi connectivity index (χ0n) is 11.4. The highest BCUT2D eigenvalue weighted by Gasteiger charge is 2.06. The number of nitrogens with zero attached hydrogens (tertiary/aromatic N) is 1. The van der Waals surface area contributed by atoms with Crippen LogP contribution in [0.4, 0.5) is 0 Å². The van der Waals surface area contributed by atoms with E-state index in [2.05, 4.69) is 44.9 Å². The van der Waals surface area contributed by atoms with E-state index in [1.54, 1.807) is 0 Å². The Labute approximate surface area is 105 Å². The van der Waals surface area contributed by atoms with Crippen molar-refractivity contribution in [1.29, 1.82) is 0 Å². The van der Waals surface area contributed by atoms with Crippen LogP contribution in [0.3, 0.4) is 0 Å². The lowest BCUT2D eigenvalue weighted by molar-refractivity contribution is 0.239. The van der Waals surface area contributed by atoms with Gasteiger partial charge in [-0.2, -0.15) is 0 Å². The van der Waals surface area contributed by atoms with Crippen LogP contribution in [0, 0.1) is 20.8 Å². The van der Waals surface area contributed by atoms with Gasteiger partial charge >= 0.3 is 0 Å². The van der Waals surface area contributed by atoms with Crippen molar-refractivity contribution in [3.05, 3.63) is 28.8 Å².